The molecule has 3 saturated heterocycles. The predicted molar refractivity (Wildman–Crippen MR) is 98.0 cm³/mol. The van der Waals surface area contributed by atoms with Gasteiger partial charge in [-0.3, -0.25) is 19.8 Å². The third-order valence-electron chi connectivity index (χ3n) is 5.99. The van der Waals surface area contributed by atoms with Crippen LogP contribution in [0.1, 0.15) is 43.6 Å². The number of fused-ring (bicyclic) bond motifs is 2. The van der Waals surface area contributed by atoms with Gasteiger partial charge in [0.1, 0.15) is 6.29 Å². The van der Waals surface area contributed by atoms with E-state index in [2.05, 4.69) is 27.2 Å². The van der Waals surface area contributed by atoms with E-state index in [1.807, 2.05) is 12.1 Å². The van der Waals surface area contributed by atoms with Gasteiger partial charge in [-0.2, -0.15) is 0 Å². The van der Waals surface area contributed by atoms with E-state index in [0.29, 0.717) is 31.3 Å². The second kappa shape index (κ2) is 7.19. The highest BCUT2D eigenvalue weighted by Gasteiger charge is 2.42. The zero-order valence-electron chi connectivity index (χ0n) is 14.9. The van der Waals surface area contributed by atoms with Crippen LogP contribution >= 0.6 is 0 Å². The summed E-state index contributed by atoms with van der Waals surface area (Å²) in [6.07, 6.45) is 4.80. The summed E-state index contributed by atoms with van der Waals surface area (Å²) < 4.78 is 0. The SMILES string of the molecule is O=CCCCN1CC2CC1CN2c1ccc(C2CCC(=O)NC2=O)cc1. The van der Waals surface area contributed by atoms with E-state index in [-0.39, 0.29) is 17.7 Å². The van der Waals surface area contributed by atoms with Gasteiger partial charge < -0.3 is 9.69 Å². The van der Waals surface area contributed by atoms with Crippen LogP contribution in [0.3, 0.4) is 0 Å². The molecule has 3 aliphatic rings. The summed E-state index contributed by atoms with van der Waals surface area (Å²) in [5.74, 6) is -0.570. The van der Waals surface area contributed by atoms with Gasteiger partial charge in [0, 0.05) is 43.7 Å². The average Bonchev–Trinajstić information content (AvgIpc) is 3.23. The standard InChI is InChI=1S/C20H25N3O3/c24-10-2-1-9-22-12-17-11-16(22)13-23(17)15-5-3-14(4-6-15)18-7-8-19(25)21-20(18)26/h3-6,10,16-18H,1-2,7-9,11-13H2,(H,21,25,26). The number of piperidine rings is 1. The maximum absolute atomic E-state index is 12.0. The topological polar surface area (TPSA) is 69.7 Å². The van der Waals surface area contributed by atoms with Crippen molar-refractivity contribution in [1.29, 1.82) is 0 Å². The number of likely N-dealkylation sites (tertiary alicyclic amines) is 1. The van der Waals surface area contributed by atoms with Crippen molar-refractivity contribution >= 4 is 23.8 Å². The van der Waals surface area contributed by atoms with Crippen molar-refractivity contribution in [3.8, 4) is 0 Å². The van der Waals surface area contributed by atoms with Gasteiger partial charge in [-0.05, 0) is 43.5 Å². The zero-order chi connectivity index (χ0) is 18.1. The van der Waals surface area contributed by atoms with Crippen molar-refractivity contribution in [3.63, 3.8) is 0 Å². The highest BCUT2D eigenvalue weighted by molar-refractivity contribution is 6.00. The number of carbonyl (C=O) groups excluding carboxylic acids is 3. The van der Waals surface area contributed by atoms with E-state index >= 15 is 0 Å². The Labute approximate surface area is 153 Å². The number of carbonyl (C=O) groups is 3. The molecule has 2 bridgehead atoms. The largest absolute Gasteiger partial charge is 0.366 e. The zero-order valence-corrected chi connectivity index (χ0v) is 14.9. The van der Waals surface area contributed by atoms with Crippen molar-refractivity contribution in [2.24, 2.45) is 0 Å². The van der Waals surface area contributed by atoms with Crippen LogP contribution in [0, 0.1) is 0 Å². The van der Waals surface area contributed by atoms with Crippen molar-refractivity contribution in [2.75, 3.05) is 24.5 Å². The van der Waals surface area contributed by atoms with Crippen LogP contribution < -0.4 is 10.2 Å². The minimum atomic E-state index is -0.218. The molecule has 26 heavy (non-hydrogen) atoms. The molecule has 6 nitrogen and oxygen atoms in total. The van der Waals surface area contributed by atoms with E-state index in [4.69, 9.17) is 0 Å². The maximum Gasteiger partial charge on any atom is 0.234 e. The first kappa shape index (κ1) is 17.2. The van der Waals surface area contributed by atoms with Crippen LogP contribution in [-0.2, 0) is 14.4 Å². The van der Waals surface area contributed by atoms with E-state index in [1.165, 1.54) is 12.1 Å². The molecule has 6 heteroatoms. The summed E-state index contributed by atoms with van der Waals surface area (Å²) in [4.78, 5) is 38.8. The first-order chi connectivity index (χ1) is 12.7. The van der Waals surface area contributed by atoms with Gasteiger partial charge in [0.15, 0.2) is 0 Å². The molecule has 4 rings (SSSR count). The number of nitrogens with zero attached hydrogens (tertiary/aromatic N) is 2. The van der Waals surface area contributed by atoms with Gasteiger partial charge in [0.2, 0.25) is 11.8 Å². The quantitative estimate of drug-likeness (QED) is 0.475. The van der Waals surface area contributed by atoms with Crippen LogP contribution in [0.25, 0.3) is 0 Å². The molecule has 0 saturated carbocycles. The van der Waals surface area contributed by atoms with Crippen LogP contribution in [0.15, 0.2) is 24.3 Å². The number of nitrogens with one attached hydrogen (secondary N) is 1. The van der Waals surface area contributed by atoms with Gasteiger partial charge >= 0.3 is 0 Å². The summed E-state index contributed by atoms with van der Waals surface area (Å²) in [7, 11) is 0. The van der Waals surface area contributed by atoms with E-state index in [0.717, 1.165) is 37.9 Å². The molecule has 0 aromatic heterocycles. The second-order valence-corrected chi connectivity index (χ2v) is 7.59. The number of anilines is 1. The highest BCUT2D eigenvalue weighted by atomic mass is 16.2. The fourth-order valence-electron chi connectivity index (χ4n) is 4.63. The Balaban J connectivity index is 1.38. The molecule has 3 unspecified atom stereocenters. The number of hydrogen-bond acceptors (Lipinski definition) is 5. The normalized spacial score (nSPS) is 28.5. The molecule has 3 heterocycles. The Morgan fingerprint density at radius 3 is 2.58 bits per heavy atom. The third-order valence-corrected chi connectivity index (χ3v) is 5.99. The lowest BCUT2D eigenvalue weighted by Crippen LogP contribution is -2.46. The number of rotatable bonds is 6. The first-order valence-electron chi connectivity index (χ1n) is 9.53. The van der Waals surface area contributed by atoms with Gasteiger partial charge in [-0.15, -0.1) is 0 Å². The van der Waals surface area contributed by atoms with Crippen LogP contribution in [-0.4, -0.2) is 54.7 Å². The smallest absolute Gasteiger partial charge is 0.234 e. The summed E-state index contributed by atoms with van der Waals surface area (Å²) in [6, 6.07) is 9.40. The molecule has 1 aromatic rings. The molecule has 0 radical (unpaired) electrons. The number of imide groups is 1. The highest BCUT2D eigenvalue weighted by Crippen LogP contribution is 2.35. The number of aldehydes is 1. The Morgan fingerprint density at radius 2 is 1.92 bits per heavy atom. The molecule has 2 amide bonds. The average molecular weight is 355 g/mol. The molecular weight excluding hydrogens is 330 g/mol. The van der Waals surface area contributed by atoms with Crippen LogP contribution in [0.5, 0.6) is 0 Å². The van der Waals surface area contributed by atoms with Gasteiger partial charge in [0.05, 0.1) is 5.92 Å². The lowest BCUT2D eigenvalue weighted by molar-refractivity contribution is -0.134. The Hall–Kier alpha value is -2.21. The van der Waals surface area contributed by atoms with Gasteiger partial charge in [0.25, 0.3) is 0 Å². The van der Waals surface area contributed by atoms with Crippen molar-refractivity contribution in [1.82, 2.24) is 10.2 Å². The summed E-state index contributed by atoms with van der Waals surface area (Å²) in [5, 5.41) is 2.43. The molecule has 3 fully saturated rings. The van der Waals surface area contributed by atoms with Crippen LogP contribution in [0.2, 0.25) is 0 Å². The third kappa shape index (κ3) is 3.26. The monoisotopic (exact) mass is 355 g/mol. The Kier molecular flexibility index (Phi) is 4.76. The molecule has 1 N–H and O–H groups in total. The van der Waals surface area contributed by atoms with E-state index in [9.17, 15) is 14.4 Å². The minimum absolute atomic E-state index is 0.173. The number of unbranched alkanes of at least 4 members (excludes halogenated alkanes) is 1. The van der Waals surface area contributed by atoms with Gasteiger partial charge in [-0.1, -0.05) is 12.1 Å². The molecule has 3 atom stereocenters. The number of benzene rings is 1. The second-order valence-electron chi connectivity index (χ2n) is 7.59. The molecule has 138 valence electrons. The number of piperazine rings is 1. The molecular formula is C20H25N3O3. The number of hydrogen-bond donors (Lipinski definition) is 1. The molecule has 0 spiro atoms. The molecule has 3 aliphatic heterocycles. The van der Waals surface area contributed by atoms with E-state index < -0.39 is 0 Å². The molecule has 0 aliphatic carbocycles. The Bertz CT molecular complexity index is 703. The first-order valence-corrected chi connectivity index (χ1v) is 9.53. The fourth-order valence-corrected chi connectivity index (χ4v) is 4.63. The summed E-state index contributed by atoms with van der Waals surface area (Å²) in [6.45, 7) is 3.12. The predicted octanol–water partition coefficient (Wildman–Crippen LogP) is 1.45. The van der Waals surface area contributed by atoms with Crippen molar-refractivity contribution in [2.45, 2.75) is 50.1 Å². The van der Waals surface area contributed by atoms with E-state index in [1.54, 1.807) is 0 Å². The van der Waals surface area contributed by atoms with Crippen molar-refractivity contribution in [3.05, 3.63) is 29.8 Å². The summed E-state index contributed by atoms with van der Waals surface area (Å²) in [5.41, 5.74) is 2.19. The number of amides is 2. The van der Waals surface area contributed by atoms with Crippen LogP contribution in [0.4, 0.5) is 5.69 Å². The van der Waals surface area contributed by atoms with Gasteiger partial charge in [-0.25, -0.2) is 0 Å². The lowest BCUT2D eigenvalue weighted by atomic mass is 9.90. The fraction of sp³-hybridized carbons (Fsp3) is 0.550. The van der Waals surface area contributed by atoms with Crippen molar-refractivity contribution < 1.29 is 14.4 Å². The lowest BCUT2D eigenvalue weighted by Gasteiger charge is -2.35. The summed E-state index contributed by atoms with van der Waals surface area (Å²) >= 11 is 0. The Morgan fingerprint density at radius 1 is 1.12 bits per heavy atom. The maximum atomic E-state index is 12.0. The molecule has 1 aromatic carbocycles. The minimum Gasteiger partial charge on any atom is -0.366 e.